The number of hydrogen-bond acceptors (Lipinski definition) is 5. The molecule has 0 aliphatic carbocycles. The molecule has 0 bridgehead atoms. The monoisotopic (exact) mass is 354 g/mol. The van der Waals surface area contributed by atoms with Crippen molar-refractivity contribution in [1.82, 2.24) is 0 Å². The van der Waals surface area contributed by atoms with E-state index in [1.807, 2.05) is 6.07 Å². The minimum absolute atomic E-state index is 0.450. The molecule has 0 fully saturated rings. The average molecular weight is 355 g/mol. The van der Waals surface area contributed by atoms with Crippen molar-refractivity contribution >= 4 is 17.8 Å². The van der Waals surface area contributed by atoms with Crippen molar-refractivity contribution in [1.29, 1.82) is 0 Å². The van der Waals surface area contributed by atoms with Crippen LogP contribution in [-0.4, -0.2) is 7.11 Å². The molecule has 1 aliphatic rings. The lowest BCUT2D eigenvalue weighted by atomic mass is 10.1. The molecule has 122 valence electrons. The molecule has 0 aromatic heterocycles. The molecule has 0 N–H and O–H groups in total. The predicted octanol–water partition coefficient (Wildman–Crippen LogP) is -1.12. The zero-order chi connectivity index (χ0) is 16.9. The van der Waals surface area contributed by atoms with Gasteiger partial charge in [-0.2, -0.15) is 0 Å². The van der Waals surface area contributed by atoms with E-state index in [-0.39, 0.29) is 0 Å². The third-order valence-corrected chi connectivity index (χ3v) is 4.54. The fourth-order valence-electron chi connectivity index (χ4n) is 2.21. The number of methoxy groups -OCH3 is 1. The van der Waals surface area contributed by atoms with Gasteiger partial charge in [-0.25, -0.2) is 18.6 Å². The van der Waals surface area contributed by atoms with Gasteiger partial charge in [0.05, 0.1) is 12.7 Å². The normalized spacial score (nSPS) is 16.1. The molecule has 0 radical (unpaired) electrons. The van der Waals surface area contributed by atoms with Crippen LogP contribution < -0.4 is 23.4 Å². The topological polar surface area (TPSA) is 101 Å². The molecule has 3 rings (SSSR count). The van der Waals surface area contributed by atoms with Crippen molar-refractivity contribution in [3.8, 4) is 5.75 Å². The third-order valence-electron chi connectivity index (χ3n) is 3.13. The lowest BCUT2D eigenvalue weighted by Gasteiger charge is -2.17. The Labute approximate surface area is 140 Å². The Morgan fingerprint density at radius 1 is 0.957 bits per heavy atom. The van der Waals surface area contributed by atoms with Gasteiger partial charge in [0.25, 0.3) is 0 Å². The summed E-state index contributed by atoms with van der Waals surface area (Å²) in [7, 11) is -3.22. The summed E-state index contributed by atoms with van der Waals surface area (Å²) >= 11 is 1.32. The molecular formula is C16H15ClO5S. The molecule has 23 heavy (non-hydrogen) atoms. The van der Waals surface area contributed by atoms with Crippen LogP contribution in [0.15, 0.2) is 59.5 Å². The van der Waals surface area contributed by atoms with Crippen molar-refractivity contribution in [3.05, 3.63) is 65.7 Å². The first kappa shape index (κ1) is 17.8. The highest BCUT2D eigenvalue weighted by Crippen LogP contribution is 2.35. The smallest absolute Gasteiger partial charge is 0.164 e. The van der Waals surface area contributed by atoms with Gasteiger partial charge in [-0.3, -0.25) is 0 Å². The fourth-order valence-corrected chi connectivity index (χ4v) is 3.50. The molecule has 7 heteroatoms. The number of ether oxygens (including phenoxy) is 1. The van der Waals surface area contributed by atoms with Gasteiger partial charge >= 0.3 is 0 Å². The Morgan fingerprint density at radius 3 is 2.22 bits per heavy atom. The predicted molar refractivity (Wildman–Crippen MR) is 78.2 cm³/mol. The molecule has 1 aliphatic heterocycles. The maximum atomic E-state index is 8.49. The Balaban J connectivity index is 0.000000338. The highest BCUT2D eigenvalue weighted by molar-refractivity contribution is 7.79. The molecule has 0 spiro atoms. The van der Waals surface area contributed by atoms with Crippen molar-refractivity contribution in [2.24, 2.45) is 0 Å². The van der Waals surface area contributed by atoms with Gasteiger partial charge in [-0.1, -0.05) is 36.4 Å². The largest absolute Gasteiger partial charge is 0.496 e. The average Bonchev–Trinajstić information content (AvgIpc) is 2.53. The SMILES string of the molecule is COc1cccc2c1C=CC(c1ccccc1)[SH+]2.[O-][Cl+3]([O-])([O-])[O-]. The van der Waals surface area contributed by atoms with Gasteiger partial charge in [0, 0.05) is 17.3 Å². The first-order chi connectivity index (χ1) is 10.9. The van der Waals surface area contributed by atoms with E-state index in [4.69, 9.17) is 23.4 Å². The van der Waals surface area contributed by atoms with Gasteiger partial charge < -0.3 is 4.74 Å². The number of fused-ring (bicyclic) bond motifs is 1. The van der Waals surface area contributed by atoms with Gasteiger partial charge in [-0.05, 0) is 24.3 Å². The summed E-state index contributed by atoms with van der Waals surface area (Å²) in [5.41, 5.74) is 2.58. The first-order valence-electron chi connectivity index (χ1n) is 6.61. The van der Waals surface area contributed by atoms with Crippen LogP contribution in [0.25, 0.3) is 6.08 Å². The minimum atomic E-state index is -4.94. The lowest BCUT2D eigenvalue weighted by Crippen LogP contribution is -2.68. The number of rotatable bonds is 2. The van der Waals surface area contributed by atoms with Crippen LogP contribution in [-0.2, 0) is 11.8 Å². The van der Waals surface area contributed by atoms with Gasteiger partial charge in [0.2, 0.25) is 0 Å². The molecular weight excluding hydrogens is 340 g/mol. The quantitative estimate of drug-likeness (QED) is 0.502. The summed E-state index contributed by atoms with van der Waals surface area (Å²) in [5, 5.41) is 0.450. The maximum Gasteiger partial charge on any atom is 0.164 e. The molecule has 1 atom stereocenters. The molecule has 5 nitrogen and oxygen atoms in total. The second-order valence-electron chi connectivity index (χ2n) is 4.61. The van der Waals surface area contributed by atoms with E-state index >= 15 is 0 Å². The molecule has 0 saturated carbocycles. The zero-order valence-electron chi connectivity index (χ0n) is 12.2. The molecule has 2 aromatic rings. The molecule has 0 amide bonds. The van der Waals surface area contributed by atoms with E-state index in [0.29, 0.717) is 5.25 Å². The summed E-state index contributed by atoms with van der Waals surface area (Å²) in [6.07, 6.45) is 4.45. The van der Waals surface area contributed by atoms with Crippen LogP contribution in [0.5, 0.6) is 5.75 Å². The van der Waals surface area contributed by atoms with Crippen LogP contribution in [0.1, 0.15) is 16.4 Å². The standard InChI is InChI=1S/C16H14OS.ClHO4/c1-17-14-8-5-9-16-13(14)10-11-15(18-16)12-6-3-2-4-7-12;2-1(3,4)5/h2-11,15H,1H3;(H,2,3,4,5). The van der Waals surface area contributed by atoms with Crippen molar-refractivity contribution in [2.45, 2.75) is 10.1 Å². The van der Waals surface area contributed by atoms with Gasteiger partial charge in [0.15, 0.2) is 10.1 Å². The third kappa shape index (κ3) is 5.54. The summed E-state index contributed by atoms with van der Waals surface area (Å²) in [6, 6.07) is 16.9. The second-order valence-corrected chi connectivity index (χ2v) is 6.67. The Kier molecular flexibility index (Phi) is 6.06. The molecule has 0 saturated heterocycles. The molecule has 1 unspecified atom stereocenters. The van der Waals surface area contributed by atoms with Crippen LogP contribution in [0.3, 0.4) is 0 Å². The number of hydrogen-bond donors (Lipinski definition) is 0. The number of halogens is 1. The fraction of sp³-hybridized carbons (Fsp3) is 0.125. The lowest BCUT2D eigenvalue weighted by molar-refractivity contribution is -2.00. The zero-order valence-corrected chi connectivity index (χ0v) is 13.9. The Bertz CT molecular complexity index is 664. The van der Waals surface area contributed by atoms with E-state index in [1.54, 1.807) is 7.11 Å². The minimum Gasteiger partial charge on any atom is -0.496 e. The van der Waals surface area contributed by atoms with Crippen LogP contribution >= 0.6 is 0 Å². The summed E-state index contributed by atoms with van der Waals surface area (Å²) in [6.45, 7) is 0. The van der Waals surface area contributed by atoms with Crippen LogP contribution in [0, 0.1) is 10.2 Å². The van der Waals surface area contributed by atoms with E-state index in [2.05, 4.69) is 54.6 Å². The van der Waals surface area contributed by atoms with Crippen LogP contribution in [0.4, 0.5) is 0 Å². The highest BCUT2D eigenvalue weighted by Gasteiger charge is 2.25. The number of benzene rings is 2. The van der Waals surface area contributed by atoms with Crippen molar-refractivity contribution in [2.75, 3.05) is 7.11 Å². The molecule has 2 aromatic carbocycles. The summed E-state index contributed by atoms with van der Waals surface area (Å²) < 4.78 is 39.4. The van der Waals surface area contributed by atoms with Crippen molar-refractivity contribution in [3.63, 3.8) is 0 Å². The Morgan fingerprint density at radius 2 is 1.61 bits per heavy atom. The van der Waals surface area contributed by atoms with Gasteiger partial charge in [0.1, 0.15) is 5.75 Å². The second kappa shape index (κ2) is 7.83. The van der Waals surface area contributed by atoms with E-state index in [1.165, 1.54) is 27.8 Å². The van der Waals surface area contributed by atoms with E-state index < -0.39 is 10.2 Å². The Hall–Kier alpha value is -1.54. The maximum absolute atomic E-state index is 8.49. The first-order valence-corrected chi connectivity index (χ1v) is 8.81. The number of thiol groups is 1. The summed E-state index contributed by atoms with van der Waals surface area (Å²) in [5.74, 6) is 0.961. The summed E-state index contributed by atoms with van der Waals surface area (Å²) in [4.78, 5) is 1.34. The van der Waals surface area contributed by atoms with Crippen LogP contribution in [0.2, 0.25) is 0 Å². The van der Waals surface area contributed by atoms with Gasteiger partial charge in [-0.15, -0.1) is 10.2 Å². The van der Waals surface area contributed by atoms with Crippen molar-refractivity contribution < 1.29 is 33.6 Å². The van der Waals surface area contributed by atoms with E-state index in [9.17, 15) is 0 Å². The molecule has 1 heterocycles. The van der Waals surface area contributed by atoms with E-state index in [0.717, 1.165) is 5.75 Å². The highest BCUT2D eigenvalue weighted by atomic mass is 35.7.